The van der Waals surface area contributed by atoms with Gasteiger partial charge in [0.15, 0.2) is 0 Å². The topological polar surface area (TPSA) is 84.3 Å². The lowest BCUT2D eigenvalue weighted by Crippen LogP contribution is -2.26. The zero-order valence-corrected chi connectivity index (χ0v) is 10.5. The molecule has 20 heavy (non-hydrogen) atoms. The number of rotatable bonds is 5. The van der Waals surface area contributed by atoms with E-state index in [0.717, 1.165) is 12.1 Å². The van der Waals surface area contributed by atoms with Gasteiger partial charge in [-0.2, -0.15) is 13.2 Å². The van der Waals surface area contributed by atoms with E-state index in [2.05, 4.69) is 10.6 Å². The van der Waals surface area contributed by atoms with Gasteiger partial charge in [-0.3, -0.25) is 14.9 Å². The highest BCUT2D eigenvalue weighted by Crippen LogP contribution is 2.36. The van der Waals surface area contributed by atoms with E-state index in [0.29, 0.717) is 6.07 Å². The zero-order valence-electron chi connectivity index (χ0n) is 10.5. The van der Waals surface area contributed by atoms with Gasteiger partial charge in [0.1, 0.15) is 0 Å². The Kier molecular flexibility index (Phi) is 4.89. The number of nitrogens with one attached hydrogen (secondary N) is 2. The van der Waals surface area contributed by atoms with E-state index in [1.165, 1.54) is 6.92 Å². The molecule has 1 aromatic rings. The van der Waals surface area contributed by atoms with Crippen molar-refractivity contribution in [2.24, 2.45) is 0 Å². The van der Waals surface area contributed by atoms with Crippen LogP contribution < -0.4 is 10.6 Å². The molecule has 0 aliphatic carbocycles. The normalized spacial score (nSPS) is 11.0. The second-order valence-electron chi connectivity index (χ2n) is 3.89. The van der Waals surface area contributed by atoms with E-state index in [1.54, 1.807) is 0 Å². The molecule has 1 amide bonds. The van der Waals surface area contributed by atoms with E-state index in [1.807, 2.05) is 0 Å². The third kappa shape index (κ3) is 4.41. The average Bonchev–Trinajstić information content (AvgIpc) is 2.33. The molecule has 9 heteroatoms. The van der Waals surface area contributed by atoms with E-state index < -0.39 is 22.4 Å². The molecule has 6 nitrogen and oxygen atoms in total. The predicted molar refractivity (Wildman–Crippen MR) is 65.3 cm³/mol. The molecule has 0 aliphatic rings. The molecular formula is C11H12F3N3O3. The van der Waals surface area contributed by atoms with E-state index in [4.69, 9.17) is 0 Å². The molecule has 0 aromatic heterocycles. The van der Waals surface area contributed by atoms with Gasteiger partial charge in [-0.05, 0) is 6.07 Å². The minimum atomic E-state index is -4.71. The summed E-state index contributed by atoms with van der Waals surface area (Å²) in [6, 6.07) is 2.45. The van der Waals surface area contributed by atoms with E-state index in [-0.39, 0.29) is 24.7 Å². The maximum atomic E-state index is 12.8. The fraction of sp³-hybridized carbons (Fsp3) is 0.364. The first-order valence-corrected chi connectivity index (χ1v) is 5.55. The highest BCUT2D eigenvalue weighted by Gasteiger charge is 2.35. The Hall–Kier alpha value is -2.32. The Morgan fingerprint density at radius 3 is 2.50 bits per heavy atom. The highest BCUT2D eigenvalue weighted by atomic mass is 19.4. The third-order valence-corrected chi connectivity index (χ3v) is 2.33. The molecule has 0 bridgehead atoms. The minimum Gasteiger partial charge on any atom is -0.383 e. The van der Waals surface area contributed by atoms with Crippen LogP contribution in [0.3, 0.4) is 0 Å². The lowest BCUT2D eigenvalue weighted by Gasteiger charge is -2.14. The standard InChI is InChI=1S/C11H12F3N3O3/c1-7(18)15-4-5-16-10-3-2-8(17(19)20)6-9(10)11(12,13)14/h2-3,6,16H,4-5H2,1H3,(H,15,18). The quantitative estimate of drug-likeness (QED) is 0.494. The summed E-state index contributed by atoms with van der Waals surface area (Å²) in [5.41, 5.74) is -2.02. The van der Waals surface area contributed by atoms with Crippen molar-refractivity contribution in [3.05, 3.63) is 33.9 Å². The number of alkyl halides is 3. The van der Waals surface area contributed by atoms with Crippen LogP contribution in [0.25, 0.3) is 0 Å². The van der Waals surface area contributed by atoms with Gasteiger partial charge in [-0.15, -0.1) is 0 Å². The Bertz CT molecular complexity index is 517. The Morgan fingerprint density at radius 1 is 1.35 bits per heavy atom. The number of carbonyl (C=O) groups excluding carboxylic acids is 1. The number of amides is 1. The molecule has 0 heterocycles. The summed E-state index contributed by atoms with van der Waals surface area (Å²) in [6.45, 7) is 1.50. The smallest absolute Gasteiger partial charge is 0.383 e. The summed E-state index contributed by atoms with van der Waals surface area (Å²) in [4.78, 5) is 20.2. The number of benzene rings is 1. The van der Waals surface area contributed by atoms with Crippen LogP contribution in [0.5, 0.6) is 0 Å². The number of anilines is 1. The molecule has 0 saturated carbocycles. The zero-order chi connectivity index (χ0) is 15.3. The number of nitro groups is 1. The van der Waals surface area contributed by atoms with Crippen molar-refractivity contribution in [3.8, 4) is 0 Å². The van der Waals surface area contributed by atoms with E-state index in [9.17, 15) is 28.1 Å². The molecule has 0 unspecified atom stereocenters. The largest absolute Gasteiger partial charge is 0.418 e. The summed E-state index contributed by atoms with van der Waals surface area (Å²) in [7, 11) is 0. The summed E-state index contributed by atoms with van der Waals surface area (Å²) < 4.78 is 38.4. The summed E-state index contributed by atoms with van der Waals surface area (Å²) in [5.74, 6) is -0.299. The van der Waals surface area contributed by atoms with Crippen LogP contribution in [-0.4, -0.2) is 23.9 Å². The molecule has 1 aromatic carbocycles. The van der Waals surface area contributed by atoms with Gasteiger partial charge in [0.05, 0.1) is 10.5 Å². The molecule has 0 atom stereocenters. The fourth-order valence-electron chi connectivity index (χ4n) is 1.47. The highest BCUT2D eigenvalue weighted by molar-refractivity contribution is 5.72. The molecule has 0 fully saturated rings. The van der Waals surface area contributed by atoms with Gasteiger partial charge in [0, 0.05) is 37.8 Å². The third-order valence-electron chi connectivity index (χ3n) is 2.33. The van der Waals surface area contributed by atoms with Gasteiger partial charge >= 0.3 is 6.18 Å². The second kappa shape index (κ2) is 6.22. The molecule has 1 rings (SSSR count). The van der Waals surface area contributed by atoms with Gasteiger partial charge in [0.2, 0.25) is 5.91 Å². The summed E-state index contributed by atoms with van der Waals surface area (Å²) >= 11 is 0. The monoisotopic (exact) mass is 291 g/mol. The number of halogens is 3. The number of hydrogen-bond acceptors (Lipinski definition) is 4. The van der Waals surface area contributed by atoms with Gasteiger partial charge in [0.25, 0.3) is 5.69 Å². The van der Waals surface area contributed by atoms with Crippen molar-refractivity contribution in [2.45, 2.75) is 13.1 Å². The lowest BCUT2D eigenvalue weighted by molar-refractivity contribution is -0.385. The fourth-order valence-corrected chi connectivity index (χ4v) is 1.47. The first-order chi connectivity index (χ1) is 9.21. The molecule has 0 spiro atoms. The Balaban J connectivity index is 2.89. The minimum absolute atomic E-state index is 0.0699. The maximum Gasteiger partial charge on any atom is 0.418 e. The van der Waals surface area contributed by atoms with Crippen LogP contribution in [0.4, 0.5) is 24.5 Å². The summed E-state index contributed by atoms with van der Waals surface area (Å²) in [6.07, 6.45) is -4.71. The predicted octanol–water partition coefficient (Wildman–Crippen LogP) is 2.16. The van der Waals surface area contributed by atoms with Crippen molar-refractivity contribution in [3.63, 3.8) is 0 Å². The van der Waals surface area contributed by atoms with Crippen molar-refractivity contribution < 1.29 is 22.9 Å². The molecule has 2 N–H and O–H groups in total. The maximum absolute atomic E-state index is 12.8. The van der Waals surface area contributed by atoms with Crippen LogP contribution in [0.1, 0.15) is 12.5 Å². The van der Waals surface area contributed by atoms with Crippen molar-refractivity contribution >= 4 is 17.3 Å². The van der Waals surface area contributed by atoms with Gasteiger partial charge in [-0.25, -0.2) is 0 Å². The average molecular weight is 291 g/mol. The second-order valence-corrected chi connectivity index (χ2v) is 3.89. The van der Waals surface area contributed by atoms with Crippen molar-refractivity contribution in [2.75, 3.05) is 18.4 Å². The van der Waals surface area contributed by atoms with Crippen molar-refractivity contribution in [1.82, 2.24) is 5.32 Å². The van der Waals surface area contributed by atoms with Crippen LogP contribution in [0.2, 0.25) is 0 Å². The number of hydrogen-bond donors (Lipinski definition) is 2. The van der Waals surface area contributed by atoms with Crippen molar-refractivity contribution in [1.29, 1.82) is 0 Å². The first kappa shape index (κ1) is 15.7. The molecule has 0 aliphatic heterocycles. The molecular weight excluding hydrogens is 279 g/mol. The van der Waals surface area contributed by atoms with Crippen LogP contribution in [-0.2, 0) is 11.0 Å². The summed E-state index contributed by atoms with van der Waals surface area (Å²) in [5, 5.41) is 15.4. The van der Waals surface area contributed by atoms with E-state index >= 15 is 0 Å². The van der Waals surface area contributed by atoms with Gasteiger partial charge < -0.3 is 10.6 Å². The van der Waals surface area contributed by atoms with Gasteiger partial charge in [-0.1, -0.05) is 0 Å². The SMILES string of the molecule is CC(=O)NCCNc1ccc([N+](=O)[O-])cc1C(F)(F)F. The molecule has 0 radical (unpaired) electrons. The number of nitrogens with zero attached hydrogens (tertiary/aromatic N) is 1. The molecule has 0 saturated heterocycles. The Morgan fingerprint density at radius 2 is 2.00 bits per heavy atom. The van der Waals surface area contributed by atoms with Crippen LogP contribution in [0.15, 0.2) is 18.2 Å². The number of nitro benzene ring substituents is 1. The number of non-ortho nitro benzene ring substituents is 1. The van der Waals surface area contributed by atoms with Crippen LogP contribution in [0, 0.1) is 10.1 Å². The lowest BCUT2D eigenvalue weighted by atomic mass is 10.1. The van der Waals surface area contributed by atoms with Crippen LogP contribution >= 0.6 is 0 Å². The number of carbonyl (C=O) groups is 1. The molecule has 110 valence electrons. The first-order valence-electron chi connectivity index (χ1n) is 5.55. The Labute approximate surface area is 112 Å².